The molecule has 5 heteroatoms. The van der Waals surface area contributed by atoms with Crippen LogP contribution in [0.5, 0.6) is 0 Å². The summed E-state index contributed by atoms with van der Waals surface area (Å²) in [7, 11) is 0. The van der Waals surface area contributed by atoms with Crippen LogP contribution in [0.3, 0.4) is 0 Å². The van der Waals surface area contributed by atoms with Crippen LogP contribution >= 0.6 is 0 Å². The Kier molecular flexibility index (Phi) is 5.38. The van der Waals surface area contributed by atoms with Crippen molar-refractivity contribution in [1.29, 1.82) is 0 Å². The standard InChI is InChI=1S/C16H16N4O/c17-20-18-12-4-7-16(21)19-15-10-8-14(9-11-15)13-5-2-1-3-6-13/h1-3,5-6,8-11H,4,7,12H2,(H,19,21). The number of nitrogens with one attached hydrogen (secondary N) is 1. The van der Waals surface area contributed by atoms with Crippen LogP contribution < -0.4 is 5.32 Å². The molecule has 0 aliphatic heterocycles. The zero-order valence-corrected chi connectivity index (χ0v) is 11.6. The molecule has 0 fully saturated rings. The minimum atomic E-state index is -0.0735. The lowest BCUT2D eigenvalue weighted by Crippen LogP contribution is -2.11. The van der Waals surface area contributed by atoms with E-state index in [1.54, 1.807) is 0 Å². The number of benzene rings is 2. The highest BCUT2D eigenvalue weighted by molar-refractivity contribution is 5.90. The van der Waals surface area contributed by atoms with E-state index >= 15 is 0 Å². The van der Waals surface area contributed by atoms with E-state index < -0.39 is 0 Å². The van der Waals surface area contributed by atoms with Crippen molar-refractivity contribution in [2.75, 3.05) is 11.9 Å². The summed E-state index contributed by atoms with van der Waals surface area (Å²) in [6, 6.07) is 17.8. The molecule has 0 atom stereocenters. The van der Waals surface area contributed by atoms with E-state index in [1.165, 1.54) is 0 Å². The topological polar surface area (TPSA) is 77.9 Å². The summed E-state index contributed by atoms with van der Waals surface area (Å²) in [4.78, 5) is 14.3. The summed E-state index contributed by atoms with van der Waals surface area (Å²) in [6.45, 7) is 0.344. The van der Waals surface area contributed by atoms with Crippen LogP contribution in [0, 0.1) is 0 Å². The Morgan fingerprint density at radius 1 is 1.05 bits per heavy atom. The van der Waals surface area contributed by atoms with Crippen LogP contribution in [0.2, 0.25) is 0 Å². The van der Waals surface area contributed by atoms with Crippen LogP contribution in [0.1, 0.15) is 12.8 Å². The first-order valence-corrected chi connectivity index (χ1v) is 6.76. The SMILES string of the molecule is [N-]=[N+]=NCCCC(=O)Nc1ccc(-c2ccccc2)cc1. The lowest BCUT2D eigenvalue weighted by Gasteiger charge is -2.06. The molecule has 0 aromatic heterocycles. The van der Waals surface area contributed by atoms with E-state index in [9.17, 15) is 4.79 Å². The first-order valence-electron chi connectivity index (χ1n) is 6.76. The fourth-order valence-electron chi connectivity index (χ4n) is 1.96. The minimum absolute atomic E-state index is 0.0735. The Morgan fingerprint density at radius 2 is 1.71 bits per heavy atom. The Balaban J connectivity index is 1.90. The third-order valence-corrected chi connectivity index (χ3v) is 3.00. The highest BCUT2D eigenvalue weighted by atomic mass is 16.1. The van der Waals surface area contributed by atoms with E-state index in [0.29, 0.717) is 19.4 Å². The molecule has 2 aromatic carbocycles. The van der Waals surface area contributed by atoms with Crippen molar-refractivity contribution in [2.45, 2.75) is 12.8 Å². The Bertz CT molecular complexity index is 631. The predicted octanol–water partition coefficient (Wildman–Crippen LogP) is 4.38. The molecule has 0 heterocycles. The summed E-state index contributed by atoms with van der Waals surface area (Å²) in [5.74, 6) is -0.0735. The predicted molar refractivity (Wildman–Crippen MR) is 83.8 cm³/mol. The summed E-state index contributed by atoms with van der Waals surface area (Å²) in [5.41, 5.74) is 11.2. The molecule has 0 saturated heterocycles. The maximum Gasteiger partial charge on any atom is 0.224 e. The fourth-order valence-corrected chi connectivity index (χ4v) is 1.96. The molecule has 21 heavy (non-hydrogen) atoms. The number of nitrogens with zero attached hydrogens (tertiary/aromatic N) is 3. The zero-order valence-electron chi connectivity index (χ0n) is 11.6. The zero-order chi connectivity index (χ0) is 14.9. The fraction of sp³-hybridized carbons (Fsp3) is 0.188. The lowest BCUT2D eigenvalue weighted by atomic mass is 10.1. The largest absolute Gasteiger partial charge is 0.326 e. The molecule has 0 aliphatic carbocycles. The van der Waals surface area contributed by atoms with Gasteiger partial charge in [-0.1, -0.05) is 47.6 Å². The number of hydrogen-bond donors (Lipinski definition) is 1. The first kappa shape index (κ1) is 14.6. The molecule has 5 nitrogen and oxygen atoms in total. The molecule has 1 N–H and O–H groups in total. The van der Waals surface area contributed by atoms with E-state index in [0.717, 1.165) is 16.8 Å². The van der Waals surface area contributed by atoms with Crippen molar-refractivity contribution in [3.63, 3.8) is 0 Å². The number of azide groups is 1. The third kappa shape index (κ3) is 4.67. The van der Waals surface area contributed by atoms with Gasteiger partial charge in [0.25, 0.3) is 0 Å². The van der Waals surface area contributed by atoms with E-state index in [-0.39, 0.29) is 5.91 Å². The van der Waals surface area contributed by atoms with Crippen molar-refractivity contribution >= 4 is 11.6 Å². The number of hydrogen-bond acceptors (Lipinski definition) is 2. The van der Waals surface area contributed by atoms with Gasteiger partial charge in [-0.15, -0.1) is 0 Å². The summed E-state index contributed by atoms with van der Waals surface area (Å²) >= 11 is 0. The second-order valence-corrected chi connectivity index (χ2v) is 4.55. The quantitative estimate of drug-likeness (QED) is 0.362. The second-order valence-electron chi connectivity index (χ2n) is 4.55. The number of anilines is 1. The van der Waals surface area contributed by atoms with Crippen molar-refractivity contribution in [3.8, 4) is 11.1 Å². The summed E-state index contributed by atoms with van der Waals surface area (Å²) in [5, 5.41) is 6.22. The van der Waals surface area contributed by atoms with Crippen molar-refractivity contribution in [1.82, 2.24) is 0 Å². The smallest absolute Gasteiger partial charge is 0.224 e. The van der Waals surface area contributed by atoms with Gasteiger partial charge in [-0.2, -0.15) is 0 Å². The van der Waals surface area contributed by atoms with Crippen molar-refractivity contribution in [2.24, 2.45) is 5.11 Å². The van der Waals surface area contributed by atoms with Gasteiger partial charge < -0.3 is 5.32 Å². The van der Waals surface area contributed by atoms with Crippen LogP contribution in [0.15, 0.2) is 59.7 Å². The van der Waals surface area contributed by atoms with Gasteiger partial charge in [-0.3, -0.25) is 4.79 Å². The maximum atomic E-state index is 11.7. The van der Waals surface area contributed by atoms with Gasteiger partial charge in [-0.25, -0.2) is 0 Å². The third-order valence-electron chi connectivity index (χ3n) is 3.00. The first-order chi connectivity index (χ1) is 10.3. The molecule has 0 aliphatic rings. The minimum Gasteiger partial charge on any atom is -0.326 e. The van der Waals surface area contributed by atoms with E-state index in [2.05, 4.69) is 15.3 Å². The second kappa shape index (κ2) is 7.72. The van der Waals surface area contributed by atoms with Gasteiger partial charge in [0.2, 0.25) is 5.91 Å². The Morgan fingerprint density at radius 3 is 2.38 bits per heavy atom. The molecule has 2 rings (SSSR count). The van der Waals surface area contributed by atoms with Gasteiger partial charge in [0.05, 0.1) is 0 Å². The number of rotatable bonds is 6. The average molecular weight is 280 g/mol. The Hall–Kier alpha value is -2.78. The molecule has 0 unspecified atom stereocenters. The lowest BCUT2D eigenvalue weighted by molar-refractivity contribution is -0.116. The van der Waals surface area contributed by atoms with Crippen LogP contribution in [0.4, 0.5) is 5.69 Å². The van der Waals surface area contributed by atoms with Gasteiger partial charge in [0.15, 0.2) is 0 Å². The highest BCUT2D eigenvalue weighted by Gasteiger charge is 2.02. The molecule has 0 bridgehead atoms. The molecule has 0 spiro atoms. The molecule has 1 amide bonds. The molecular formula is C16H16N4O. The molecule has 106 valence electrons. The molecule has 2 aromatic rings. The van der Waals surface area contributed by atoms with E-state index in [4.69, 9.17) is 5.53 Å². The van der Waals surface area contributed by atoms with Crippen LogP contribution in [-0.4, -0.2) is 12.5 Å². The normalized spacial score (nSPS) is 9.71. The Labute approximate surface area is 123 Å². The molecule has 0 radical (unpaired) electrons. The van der Waals surface area contributed by atoms with Gasteiger partial charge >= 0.3 is 0 Å². The molecule has 0 saturated carbocycles. The monoisotopic (exact) mass is 280 g/mol. The van der Waals surface area contributed by atoms with E-state index in [1.807, 2.05) is 54.6 Å². The average Bonchev–Trinajstić information content (AvgIpc) is 2.53. The number of amides is 1. The summed E-state index contributed by atoms with van der Waals surface area (Å²) < 4.78 is 0. The van der Waals surface area contributed by atoms with Crippen molar-refractivity contribution < 1.29 is 4.79 Å². The van der Waals surface area contributed by atoms with Gasteiger partial charge in [0, 0.05) is 23.6 Å². The van der Waals surface area contributed by atoms with Crippen molar-refractivity contribution in [3.05, 3.63) is 65.0 Å². The highest BCUT2D eigenvalue weighted by Crippen LogP contribution is 2.21. The maximum absolute atomic E-state index is 11.7. The van der Waals surface area contributed by atoms with Gasteiger partial charge in [-0.05, 0) is 35.2 Å². The number of carbonyl (C=O) groups is 1. The summed E-state index contributed by atoms with van der Waals surface area (Å²) in [6.07, 6.45) is 0.900. The molecular weight excluding hydrogens is 264 g/mol. The number of carbonyl (C=O) groups excluding carboxylic acids is 1. The van der Waals surface area contributed by atoms with Crippen LogP contribution in [-0.2, 0) is 4.79 Å². The van der Waals surface area contributed by atoms with Crippen LogP contribution in [0.25, 0.3) is 21.6 Å². The van der Waals surface area contributed by atoms with Gasteiger partial charge in [0.1, 0.15) is 0 Å².